The van der Waals surface area contributed by atoms with E-state index in [-0.39, 0.29) is 0 Å². The summed E-state index contributed by atoms with van der Waals surface area (Å²) < 4.78 is 28.2. The van der Waals surface area contributed by atoms with Gasteiger partial charge in [-0.2, -0.15) is 0 Å². The van der Waals surface area contributed by atoms with Crippen LogP contribution in [0.2, 0.25) is 0 Å². The summed E-state index contributed by atoms with van der Waals surface area (Å²) in [5, 5.41) is 3.27. The van der Waals surface area contributed by atoms with Crippen LogP contribution in [0.15, 0.2) is 29.2 Å². The lowest BCUT2D eigenvalue weighted by Crippen LogP contribution is -2.45. The highest BCUT2D eigenvalue weighted by molar-refractivity contribution is 7.89. The van der Waals surface area contributed by atoms with Crippen LogP contribution in [-0.4, -0.2) is 20.0 Å². The third kappa shape index (κ3) is 5.09. The van der Waals surface area contributed by atoms with E-state index < -0.39 is 15.6 Å². The third-order valence-electron chi connectivity index (χ3n) is 3.90. The Morgan fingerprint density at radius 2 is 1.71 bits per heavy atom. The van der Waals surface area contributed by atoms with Crippen molar-refractivity contribution < 1.29 is 8.42 Å². The zero-order valence-corrected chi connectivity index (χ0v) is 14.5. The summed E-state index contributed by atoms with van der Waals surface area (Å²) >= 11 is 0. The summed E-state index contributed by atoms with van der Waals surface area (Å²) in [5.74, 6) is 0. The minimum absolute atomic E-state index is 0.310. The van der Waals surface area contributed by atoms with Crippen molar-refractivity contribution in [2.24, 2.45) is 0 Å². The number of rotatable bonds is 8. The van der Waals surface area contributed by atoms with E-state index in [0.717, 1.165) is 18.4 Å². The molecule has 0 atom stereocenters. The molecule has 0 bridgehead atoms. The summed E-state index contributed by atoms with van der Waals surface area (Å²) in [7, 11) is -3.51. The lowest BCUT2D eigenvalue weighted by atomic mass is 9.98. The summed E-state index contributed by atoms with van der Waals surface area (Å²) in [6.07, 6.45) is 1.52. The summed E-state index contributed by atoms with van der Waals surface area (Å²) in [4.78, 5) is 0.367. The van der Waals surface area contributed by atoms with Crippen LogP contribution >= 0.6 is 0 Å². The lowest BCUT2D eigenvalue weighted by Gasteiger charge is -2.28. The van der Waals surface area contributed by atoms with Crippen LogP contribution in [-0.2, 0) is 16.6 Å². The van der Waals surface area contributed by atoms with Gasteiger partial charge in [-0.1, -0.05) is 45.9 Å². The Morgan fingerprint density at radius 3 is 2.24 bits per heavy atom. The van der Waals surface area contributed by atoms with E-state index in [0.29, 0.717) is 17.5 Å². The van der Waals surface area contributed by atoms with Crippen molar-refractivity contribution in [2.75, 3.05) is 0 Å². The minimum Gasteiger partial charge on any atom is -0.310 e. The summed E-state index contributed by atoms with van der Waals surface area (Å²) in [6, 6.07) is 7.48. The van der Waals surface area contributed by atoms with Gasteiger partial charge in [-0.05, 0) is 31.4 Å². The Morgan fingerprint density at radius 1 is 1.14 bits per heavy atom. The first kappa shape index (κ1) is 18.1. The molecule has 1 aromatic carbocycles. The van der Waals surface area contributed by atoms with Gasteiger partial charge in [0.2, 0.25) is 10.0 Å². The van der Waals surface area contributed by atoms with Crippen molar-refractivity contribution in [1.82, 2.24) is 10.0 Å². The van der Waals surface area contributed by atoms with Gasteiger partial charge < -0.3 is 5.32 Å². The summed E-state index contributed by atoms with van der Waals surface area (Å²) in [6.45, 7) is 10.6. The Balaban J connectivity index is 3.08. The van der Waals surface area contributed by atoms with E-state index in [4.69, 9.17) is 0 Å². The average Bonchev–Trinajstić information content (AvgIpc) is 2.44. The van der Waals surface area contributed by atoms with Gasteiger partial charge in [0, 0.05) is 18.1 Å². The monoisotopic (exact) mass is 312 g/mol. The van der Waals surface area contributed by atoms with E-state index >= 15 is 0 Å². The van der Waals surface area contributed by atoms with E-state index in [2.05, 4.69) is 10.0 Å². The number of nitrogens with one attached hydrogen (secondary N) is 2. The maximum absolute atomic E-state index is 12.7. The maximum Gasteiger partial charge on any atom is 0.241 e. The quantitative estimate of drug-likeness (QED) is 0.775. The SMILES string of the molecule is CCC(C)(CC)NS(=O)(=O)c1ccccc1CNC(C)C. The average molecular weight is 312 g/mol. The molecule has 0 radical (unpaired) electrons. The van der Waals surface area contributed by atoms with Gasteiger partial charge in [0.1, 0.15) is 0 Å². The van der Waals surface area contributed by atoms with Gasteiger partial charge in [-0.25, -0.2) is 13.1 Å². The van der Waals surface area contributed by atoms with Crippen LogP contribution in [0.25, 0.3) is 0 Å². The highest BCUT2D eigenvalue weighted by atomic mass is 32.2. The molecule has 0 saturated carbocycles. The summed E-state index contributed by atoms with van der Waals surface area (Å²) in [5.41, 5.74) is 0.394. The molecule has 0 heterocycles. The standard InChI is InChI=1S/C16H28N2O2S/c1-6-16(5,7-2)18-21(19,20)15-11-9-8-10-14(15)12-17-13(3)4/h8-11,13,17-18H,6-7,12H2,1-5H3. The molecule has 0 aliphatic carbocycles. The Bertz CT molecular complexity index is 549. The van der Waals surface area contributed by atoms with Gasteiger partial charge in [0.05, 0.1) is 4.90 Å². The fourth-order valence-electron chi connectivity index (χ4n) is 2.00. The molecule has 2 N–H and O–H groups in total. The van der Waals surface area contributed by atoms with Crippen LogP contribution in [0.5, 0.6) is 0 Å². The molecule has 0 fully saturated rings. The lowest BCUT2D eigenvalue weighted by molar-refractivity contribution is 0.388. The fraction of sp³-hybridized carbons (Fsp3) is 0.625. The Hall–Kier alpha value is -0.910. The van der Waals surface area contributed by atoms with Crippen LogP contribution in [0.4, 0.5) is 0 Å². The molecule has 0 unspecified atom stereocenters. The van der Waals surface area contributed by atoms with Gasteiger partial charge >= 0.3 is 0 Å². The molecule has 0 saturated heterocycles. The van der Waals surface area contributed by atoms with Crippen LogP contribution in [0.1, 0.15) is 53.0 Å². The van der Waals surface area contributed by atoms with Gasteiger partial charge in [-0.3, -0.25) is 0 Å². The zero-order chi connectivity index (χ0) is 16.1. The van der Waals surface area contributed by atoms with E-state index in [9.17, 15) is 8.42 Å². The molecular formula is C16H28N2O2S. The molecule has 0 spiro atoms. The highest BCUT2D eigenvalue weighted by Crippen LogP contribution is 2.21. The zero-order valence-electron chi connectivity index (χ0n) is 13.7. The van der Waals surface area contributed by atoms with Crippen molar-refractivity contribution in [1.29, 1.82) is 0 Å². The Kier molecular flexibility index (Phi) is 6.38. The molecule has 0 amide bonds. The Labute approximate surface area is 129 Å². The second-order valence-electron chi connectivity index (χ2n) is 6.02. The van der Waals surface area contributed by atoms with Crippen molar-refractivity contribution >= 4 is 10.0 Å². The first-order valence-corrected chi connectivity index (χ1v) is 9.07. The number of sulfonamides is 1. The second kappa shape index (κ2) is 7.38. The third-order valence-corrected chi connectivity index (χ3v) is 5.64. The largest absolute Gasteiger partial charge is 0.310 e. The van der Waals surface area contributed by atoms with Crippen LogP contribution in [0, 0.1) is 0 Å². The van der Waals surface area contributed by atoms with Crippen molar-refractivity contribution in [2.45, 2.75) is 70.5 Å². The molecular weight excluding hydrogens is 284 g/mol. The number of hydrogen-bond donors (Lipinski definition) is 2. The molecule has 1 rings (SSSR count). The van der Waals surface area contributed by atoms with Crippen LogP contribution < -0.4 is 10.0 Å². The first-order chi connectivity index (χ1) is 9.74. The molecule has 0 aliphatic rings. The number of benzene rings is 1. The number of hydrogen-bond acceptors (Lipinski definition) is 3. The normalized spacial score (nSPS) is 12.9. The first-order valence-electron chi connectivity index (χ1n) is 7.59. The predicted molar refractivity (Wildman–Crippen MR) is 87.7 cm³/mol. The van der Waals surface area contributed by atoms with Gasteiger partial charge in [-0.15, -0.1) is 0 Å². The van der Waals surface area contributed by atoms with Crippen molar-refractivity contribution in [3.05, 3.63) is 29.8 Å². The molecule has 5 heteroatoms. The van der Waals surface area contributed by atoms with Crippen LogP contribution in [0.3, 0.4) is 0 Å². The molecule has 21 heavy (non-hydrogen) atoms. The van der Waals surface area contributed by atoms with Crippen molar-refractivity contribution in [3.8, 4) is 0 Å². The molecule has 1 aromatic rings. The fourth-order valence-corrected chi connectivity index (χ4v) is 3.79. The van der Waals surface area contributed by atoms with E-state index in [1.165, 1.54) is 0 Å². The van der Waals surface area contributed by atoms with Gasteiger partial charge in [0.15, 0.2) is 0 Å². The van der Waals surface area contributed by atoms with Crippen molar-refractivity contribution in [3.63, 3.8) is 0 Å². The predicted octanol–water partition coefficient (Wildman–Crippen LogP) is 3.04. The maximum atomic E-state index is 12.7. The second-order valence-corrected chi connectivity index (χ2v) is 7.67. The molecule has 120 valence electrons. The topological polar surface area (TPSA) is 58.2 Å². The molecule has 0 aliphatic heterocycles. The molecule has 0 aromatic heterocycles. The highest BCUT2D eigenvalue weighted by Gasteiger charge is 2.28. The smallest absolute Gasteiger partial charge is 0.241 e. The van der Waals surface area contributed by atoms with Gasteiger partial charge in [0.25, 0.3) is 0 Å². The minimum atomic E-state index is -3.51. The van der Waals surface area contributed by atoms with E-state index in [1.54, 1.807) is 12.1 Å². The van der Waals surface area contributed by atoms with E-state index in [1.807, 2.05) is 46.8 Å². The molecule has 4 nitrogen and oxygen atoms in total.